The van der Waals surface area contributed by atoms with Gasteiger partial charge in [0.2, 0.25) is 10.0 Å². The Hall–Kier alpha value is -2.07. The first-order valence-corrected chi connectivity index (χ1v) is 10.0. The molecule has 138 valence electrons. The molecule has 0 aliphatic carbocycles. The first-order valence-electron chi connectivity index (χ1n) is 8.18. The van der Waals surface area contributed by atoms with Crippen molar-refractivity contribution in [1.29, 1.82) is 0 Å². The number of sulfonamides is 1. The molecule has 1 aliphatic heterocycles. The molecule has 2 heterocycles. The molecule has 0 unspecified atom stereocenters. The molecule has 2 aromatic rings. The van der Waals surface area contributed by atoms with Crippen molar-refractivity contribution in [2.45, 2.75) is 11.4 Å². The average Bonchev–Trinajstić information content (AvgIpc) is 2.68. The second-order valence-corrected chi connectivity index (χ2v) is 8.02. The van der Waals surface area contributed by atoms with Crippen LogP contribution in [0.4, 0.5) is 5.69 Å². The van der Waals surface area contributed by atoms with Crippen LogP contribution in [-0.4, -0.2) is 49.1 Å². The predicted octanol–water partition coefficient (Wildman–Crippen LogP) is 1.59. The molecule has 1 aromatic heterocycles. The number of aromatic nitrogens is 1. The van der Waals surface area contributed by atoms with Gasteiger partial charge in [-0.25, -0.2) is 8.42 Å². The topological polar surface area (TPSA) is 83.6 Å². The Morgan fingerprint density at radius 1 is 1.15 bits per heavy atom. The summed E-state index contributed by atoms with van der Waals surface area (Å²) in [5.41, 5.74) is 1.59. The van der Waals surface area contributed by atoms with Crippen molar-refractivity contribution < 1.29 is 13.2 Å². The molecule has 1 saturated heterocycles. The largest absolute Gasteiger partial charge is 0.379 e. The number of thiocarbonyl (C=S) groups is 1. The Kier molecular flexibility index (Phi) is 6.15. The van der Waals surface area contributed by atoms with Crippen LogP contribution in [0.15, 0.2) is 53.6 Å². The molecule has 2 N–H and O–H groups in total. The van der Waals surface area contributed by atoms with Crippen LogP contribution >= 0.6 is 12.2 Å². The minimum Gasteiger partial charge on any atom is -0.379 e. The molecule has 1 aromatic carbocycles. The average molecular weight is 393 g/mol. The highest BCUT2D eigenvalue weighted by Gasteiger charge is 2.26. The Bertz CT molecular complexity index is 836. The molecule has 0 spiro atoms. The van der Waals surface area contributed by atoms with Crippen molar-refractivity contribution in [2.75, 3.05) is 31.6 Å². The van der Waals surface area contributed by atoms with Crippen molar-refractivity contribution >= 4 is 33.0 Å². The van der Waals surface area contributed by atoms with Gasteiger partial charge in [0.25, 0.3) is 0 Å². The number of anilines is 1. The zero-order valence-electron chi connectivity index (χ0n) is 14.1. The molecule has 7 nitrogen and oxygen atoms in total. The van der Waals surface area contributed by atoms with Gasteiger partial charge < -0.3 is 15.4 Å². The van der Waals surface area contributed by atoms with Gasteiger partial charge in [0.15, 0.2) is 5.11 Å². The van der Waals surface area contributed by atoms with E-state index >= 15 is 0 Å². The van der Waals surface area contributed by atoms with E-state index < -0.39 is 10.0 Å². The highest BCUT2D eigenvalue weighted by Crippen LogP contribution is 2.19. The molecule has 0 saturated carbocycles. The van der Waals surface area contributed by atoms with Crippen molar-refractivity contribution in [1.82, 2.24) is 14.6 Å². The number of hydrogen-bond acceptors (Lipinski definition) is 5. The summed E-state index contributed by atoms with van der Waals surface area (Å²) in [5, 5.41) is 6.54. The molecule has 0 bridgehead atoms. The van der Waals surface area contributed by atoms with Crippen LogP contribution in [0.3, 0.4) is 0 Å². The van der Waals surface area contributed by atoms with E-state index in [9.17, 15) is 8.42 Å². The number of pyridine rings is 1. The van der Waals surface area contributed by atoms with Gasteiger partial charge in [-0.05, 0) is 48.6 Å². The molecule has 1 aliphatic rings. The smallest absolute Gasteiger partial charge is 0.243 e. The molecule has 0 radical (unpaired) electrons. The van der Waals surface area contributed by atoms with E-state index in [1.807, 2.05) is 18.2 Å². The molecule has 3 rings (SSSR count). The summed E-state index contributed by atoms with van der Waals surface area (Å²) in [6.07, 6.45) is 1.72. The van der Waals surface area contributed by atoms with Crippen LogP contribution in [0.1, 0.15) is 5.69 Å². The second kappa shape index (κ2) is 8.54. The zero-order chi connectivity index (χ0) is 18.4. The number of rotatable bonds is 5. The van der Waals surface area contributed by atoms with Crippen LogP contribution in [0, 0.1) is 0 Å². The van der Waals surface area contributed by atoms with Gasteiger partial charge >= 0.3 is 0 Å². The first kappa shape index (κ1) is 18.7. The molecule has 0 atom stereocenters. The molecular formula is C17H20N4O3S2. The number of nitrogens with zero attached hydrogens (tertiary/aromatic N) is 2. The molecule has 9 heteroatoms. The maximum atomic E-state index is 12.6. The minimum atomic E-state index is -3.48. The quantitative estimate of drug-likeness (QED) is 0.748. The third-order valence-corrected chi connectivity index (χ3v) is 6.04. The SMILES string of the molecule is O=S(=O)(c1ccc(NC(=S)NCc2ccccn2)cc1)N1CCOCC1. The summed E-state index contributed by atoms with van der Waals surface area (Å²) in [6, 6.07) is 12.2. The van der Waals surface area contributed by atoms with Crippen LogP contribution in [0.2, 0.25) is 0 Å². The third-order valence-electron chi connectivity index (χ3n) is 3.88. The normalized spacial score (nSPS) is 15.4. The minimum absolute atomic E-state index is 0.261. The first-order chi connectivity index (χ1) is 12.6. The highest BCUT2D eigenvalue weighted by molar-refractivity contribution is 7.89. The van der Waals surface area contributed by atoms with Crippen LogP contribution < -0.4 is 10.6 Å². The van der Waals surface area contributed by atoms with Gasteiger partial charge in [-0.1, -0.05) is 6.07 Å². The van der Waals surface area contributed by atoms with Crippen LogP contribution in [0.5, 0.6) is 0 Å². The lowest BCUT2D eigenvalue weighted by atomic mass is 10.3. The number of morpholine rings is 1. The monoisotopic (exact) mass is 392 g/mol. The van der Waals surface area contributed by atoms with Crippen LogP contribution in [-0.2, 0) is 21.3 Å². The fraction of sp³-hybridized carbons (Fsp3) is 0.294. The Balaban J connectivity index is 1.58. The lowest BCUT2D eigenvalue weighted by Crippen LogP contribution is -2.40. The van der Waals surface area contributed by atoms with Gasteiger partial charge in [-0.2, -0.15) is 4.31 Å². The summed E-state index contributed by atoms with van der Waals surface area (Å²) >= 11 is 5.25. The van der Waals surface area contributed by atoms with E-state index in [4.69, 9.17) is 17.0 Å². The van der Waals surface area contributed by atoms with E-state index in [0.717, 1.165) is 5.69 Å². The van der Waals surface area contributed by atoms with E-state index in [0.29, 0.717) is 43.6 Å². The van der Waals surface area contributed by atoms with Gasteiger partial charge in [0.1, 0.15) is 0 Å². The summed E-state index contributed by atoms with van der Waals surface area (Å²) in [4.78, 5) is 4.47. The van der Waals surface area contributed by atoms with Crippen LogP contribution in [0.25, 0.3) is 0 Å². The van der Waals surface area contributed by atoms with E-state index in [1.54, 1.807) is 30.5 Å². The molecule has 0 amide bonds. The fourth-order valence-electron chi connectivity index (χ4n) is 2.50. The van der Waals surface area contributed by atoms with Crippen molar-refractivity contribution in [2.24, 2.45) is 0 Å². The Labute approximate surface area is 158 Å². The molecular weight excluding hydrogens is 372 g/mol. The standard InChI is InChI=1S/C17H20N4O3S2/c22-26(23,21-9-11-24-12-10-21)16-6-4-14(5-7-16)20-17(25)19-13-15-3-1-2-8-18-15/h1-8H,9-13H2,(H2,19,20,25). The second-order valence-electron chi connectivity index (χ2n) is 5.67. The number of ether oxygens (including phenoxy) is 1. The Morgan fingerprint density at radius 3 is 2.54 bits per heavy atom. The van der Waals surface area contributed by atoms with E-state index in [-0.39, 0.29) is 4.90 Å². The Morgan fingerprint density at radius 2 is 1.88 bits per heavy atom. The number of hydrogen-bond donors (Lipinski definition) is 2. The summed E-state index contributed by atoms with van der Waals surface area (Å²) in [6.45, 7) is 2.12. The molecule has 1 fully saturated rings. The zero-order valence-corrected chi connectivity index (χ0v) is 15.7. The van der Waals surface area contributed by atoms with Crippen molar-refractivity contribution in [3.8, 4) is 0 Å². The lowest BCUT2D eigenvalue weighted by Gasteiger charge is -2.26. The number of benzene rings is 1. The van der Waals surface area contributed by atoms with Gasteiger partial charge in [-0.3, -0.25) is 4.98 Å². The fourth-order valence-corrected chi connectivity index (χ4v) is 4.09. The van der Waals surface area contributed by atoms with Crippen molar-refractivity contribution in [3.05, 3.63) is 54.4 Å². The maximum absolute atomic E-state index is 12.6. The van der Waals surface area contributed by atoms with E-state index in [1.165, 1.54) is 4.31 Å². The third kappa shape index (κ3) is 4.76. The predicted molar refractivity (Wildman–Crippen MR) is 103 cm³/mol. The maximum Gasteiger partial charge on any atom is 0.243 e. The number of nitrogens with one attached hydrogen (secondary N) is 2. The summed E-state index contributed by atoms with van der Waals surface area (Å²) in [7, 11) is -3.48. The summed E-state index contributed by atoms with van der Waals surface area (Å²) in [5.74, 6) is 0. The highest BCUT2D eigenvalue weighted by atomic mass is 32.2. The molecule has 26 heavy (non-hydrogen) atoms. The summed E-state index contributed by atoms with van der Waals surface area (Å²) < 4.78 is 31.8. The van der Waals surface area contributed by atoms with Gasteiger partial charge in [0.05, 0.1) is 30.3 Å². The van der Waals surface area contributed by atoms with Gasteiger partial charge in [-0.15, -0.1) is 0 Å². The van der Waals surface area contributed by atoms with Crippen molar-refractivity contribution in [3.63, 3.8) is 0 Å². The van der Waals surface area contributed by atoms with Gasteiger partial charge in [0, 0.05) is 25.0 Å². The lowest BCUT2D eigenvalue weighted by molar-refractivity contribution is 0.0730. The van der Waals surface area contributed by atoms with E-state index in [2.05, 4.69) is 15.6 Å².